The van der Waals surface area contributed by atoms with Crippen molar-refractivity contribution >= 4 is 64.6 Å². The first-order valence-corrected chi connectivity index (χ1v) is 16.1. The summed E-state index contributed by atoms with van der Waals surface area (Å²) < 4.78 is 32.5. The lowest BCUT2D eigenvalue weighted by molar-refractivity contribution is -0.279. The molecule has 0 bridgehead atoms. The van der Waals surface area contributed by atoms with Crippen LogP contribution in [0.3, 0.4) is 0 Å². The van der Waals surface area contributed by atoms with Crippen LogP contribution in [0.25, 0.3) is 0 Å². The molecule has 5 atom stereocenters. The third-order valence-corrected chi connectivity index (χ3v) is 7.74. The van der Waals surface area contributed by atoms with Crippen LogP contribution in [0, 0.1) is 5.41 Å². The zero-order valence-electron chi connectivity index (χ0n) is 25.9. The maximum absolute atomic E-state index is 13.6. The summed E-state index contributed by atoms with van der Waals surface area (Å²) in [6.07, 6.45) is -8.34. The van der Waals surface area contributed by atoms with Crippen LogP contribution in [0.4, 0.5) is 0 Å². The van der Waals surface area contributed by atoms with Gasteiger partial charge in [0.05, 0.1) is 22.3 Å². The number of alkyl halides is 3. The fourth-order valence-electron chi connectivity index (χ4n) is 4.81. The van der Waals surface area contributed by atoms with Crippen LogP contribution in [-0.2, 0) is 28.4 Å². The highest BCUT2D eigenvalue weighted by molar-refractivity contribution is 6.76. The number of ether oxygens (including phenoxy) is 6. The molecule has 1 saturated heterocycles. The molecular weight excluding hydrogens is 713 g/mol. The summed E-state index contributed by atoms with van der Waals surface area (Å²) in [6.45, 7) is -0.597. The minimum Gasteiger partial charge on any atom is -0.459 e. The average Bonchev–Trinajstić information content (AvgIpc) is 3.13. The van der Waals surface area contributed by atoms with E-state index < -0.39 is 70.9 Å². The lowest BCUT2D eigenvalue weighted by Gasteiger charge is -2.44. The van der Waals surface area contributed by atoms with E-state index in [1.54, 1.807) is 72.8 Å². The third kappa shape index (κ3) is 9.39. The van der Waals surface area contributed by atoms with Crippen molar-refractivity contribution in [1.29, 1.82) is 5.41 Å². The van der Waals surface area contributed by atoms with Gasteiger partial charge in [0.15, 0.2) is 12.2 Å². The zero-order valence-corrected chi connectivity index (χ0v) is 28.1. The van der Waals surface area contributed by atoms with Gasteiger partial charge in [-0.15, -0.1) is 0 Å². The highest BCUT2D eigenvalue weighted by atomic mass is 35.6. The molecule has 1 fully saturated rings. The molecule has 258 valence electrons. The van der Waals surface area contributed by atoms with Crippen LogP contribution in [0.5, 0.6) is 0 Å². The van der Waals surface area contributed by atoms with Gasteiger partial charge < -0.3 is 28.4 Å². The zero-order chi connectivity index (χ0) is 35.7. The fourth-order valence-corrected chi connectivity index (χ4v) is 4.94. The Balaban J connectivity index is 1.58. The van der Waals surface area contributed by atoms with Crippen LogP contribution in [0.1, 0.15) is 41.4 Å². The lowest BCUT2D eigenvalue weighted by Crippen LogP contribution is -2.63. The average molecular weight is 741 g/mol. The fraction of sp³-hybridized carbons (Fsp3) is 0.194. The molecule has 0 saturated carbocycles. The van der Waals surface area contributed by atoms with Crippen molar-refractivity contribution in [3.05, 3.63) is 144 Å². The predicted octanol–water partition coefficient (Wildman–Crippen LogP) is 6.61. The monoisotopic (exact) mass is 739 g/mol. The van der Waals surface area contributed by atoms with Gasteiger partial charge in [-0.3, -0.25) is 5.41 Å². The summed E-state index contributed by atoms with van der Waals surface area (Å²) >= 11 is 17.8. The molecule has 0 spiro atoms. The van der Waals surface area contributed by atoms with Crippen molar-refractivity contribution in [2.24, 2.45) is 0 Å². The summed E-state index contributed by atoms with van der Waals surface area (Å²) in [5.41, 5.74) is 0.509. The molecule has 4 aromatic carbocycles. The van der Waals surface area contributed by atoms with E-state index in [0.717, 1.165) is 0 Å². The van der Waals surface area contributed by atoms with E-state index in [1.165, 1.54) is 48.5 Å². The first-order valence-electron chi connectivity index (χ1n) is 15.0. The third-order valence-electron chi connectivity index (χ3n) is 7.23. The molecule has 0 radical (unpaired) electrons. The van der Waals surface area contributed by atoms with E-state index in [2.05, 4.69) is 0 Å². The number of rotatable bonds is 10. The minimum atomic E-state index is -2.40. The molecule has 0 amide bonds. The SMILES string of the molecule is N=C(O[C@@H]1O[C@H](COC(=O)c2ccccc2)[C@H](OC(=O)c2ccccc2)[C@H](OC(=O)c2ccccc2)[C@H]1OC(=O)c1ccccc1)C(Cl)(Cl)Cl. The number of hydrogen-bond donors (Lipinski definition) is 1. The lowest BCUT2D eigenvalue weighted by atomic mass is 9.97. The van der Waals surface area contributed by atoms with Crippen LogP contribution in [-0.4, -0.2) is 70.9 Å². The molecule has 0 unspecified atom stereocenters. The van der Waals surface area contributed by atoms with E-state index in [1.807, 2.05) is 0 Å². The molecule has 4 aromatic rings. The molecule has 1 aliphatic heterocycles. The van der Waals surface area contributed by atoms with Gasteiger partial charge in [-0.2, -0.15) is 0 Å². The standard InChI is InChI=1S/C36H28Cl3NO10/c37-36(38,39)35(40)50-34-29(49-33(44)25-19-11-4-12-20-25)28(48-32(43)24-17-9-3-10-18-24)27(47-31(42)23-15-7-2-8-16-23)26(46-34)21-45-30(41)22-13-5-1-6-14-22/h1-20,26-29,34,40H,21H2/t26-,27+,28+,29-,34+/m1/s1. The van der Waals surface area contributed by atoms with Crippen molar-refractivity contribution in [2.75, 3.05) is 6.61 Å². The quantitative estimate of drug-likeness (QED) is 0.0620. The molecule has 1 heterocycles. The number of hydrogen-bond acceptors (Lipinski definition) is 11. The number of halogens is 3. The first-order chi connectivity index (χ1) is 24.0. The Kier molecular flexibility index (Phi) is 12.1. The van der Waals surface area contributed by atoms with Crippen LogP contribution in [0.2, 0.25) is 0 Å². The van der Waals surface area contributed by atoms with Gasteiger partial charge >= 0.3 is 23.9 Å². The highest BCUT2D eigenvalue weighted by Gasteiger charge is 2.55. The summed E-state index contributed by atoms with van der Waals surface area (Å²) in [5, 5.41) is 8.26. The van der Waals surface area contributed by atoms with Gasteiger partial charge in [-0.1, -0.05) is 108 Å². The Morgan fingerprint density at radius 2 is 0.900 bits per heavy atom. The van der Waals surface area contributed by atoms with Crippen molar-refractivity contribution in [3.8, 4) is 0 Å². The molecule has 0 aromatic heterocycles. The maximum atomic E-state index is 13.6. The Bertz CT molecular complexity index is 1790. The van der Waals surface area contributed by atoms with Crippen LogP contribution >= 0.6 is 34.8 Å². The normalized spacial score (nSPS) is 20.1. The Hall–Kier alpha value is -4.94. The summed E-state index contributed by atoms with van der Waals surface area (Å²) in [6, 6.07) is 31.5. The van der Waals surface area contributed by atoms with Gasteiger partial charge in [-0.05, 0) is 48.5 Å². The van der Waals surface area contributed by atoms with Gasteiger partial charge in [0.2, 0.25) is 18.3 Å². The van der Waals surface area contributed by atoms with E-state index in [9.17, 15) is 19.2 Å². The number of carbonyl (C=O) groups is 4. The van der Waals surface area contributed by atoms with E-state index >= 15 is 0 Å². The Morgan fingerprint density at radius 3 is 1.30 bits per heavy atom. The molecule has 11 nitrogen and oxygen atoms in total. The smallest absolute Gasteiger partial charge is 0.338 e. The van der Waals surface area contributed by atoms with Gasteiger partial charge in [-0.25, -0.2) is 19.2 Å². The predicted molar refractivity (Wildman–Crippen MR) is 181 cm³/mol. The van der Waals surface area contributed by atoms with Crippen molar-refractivity contribution in [3.63, 3.8) is 0 Å². The van der Waals surface area contributed by atoms with E-state index in [4.69, 9.17) is 68.6 Å². The molecule has 5 rings (SSSR count). The molecular formula is C36H28Cl3NO10. The Labute approximate surface area is 301 Å². The molecule has 50 heavy (non-hydrogen) atoms. The van der Waals surface area contributed by atoms with Crippen molar-refractivity contribution in [1.82, 2.24) is 0 Å². The maximum Gasteiger partial charge on any atom is 0.338 e. The number of carbonyl (C=O) groups excluding carboxylic acids is 4. The summed E-state index contributed by atoms with van der Waals surface area (Å²) in [5.74, 6) is -4.41. The van der Waals surface area contributed by atoms with Crippen LogP contribution < -0.4 is 0 Å². The number of benzene rings is 4. The number of nitrogens with one attached hydrogen (secondary N) is 1. The topological polar surface area (TPSA) is 148 Å². The molecule has 0 aliphatic carbocycles. The van der Waals surface area contributed by atoms with Crippen molar-refractivity contribution in [2.45, 2.75) is 34.5 Å². The van der Waals surface area contributed by atoms with Gasteiger partial charge in [0.25, 0.3) is 3.79 Å². The Morgan fingerprint density at radius 1 is 0.540 bits per heavy atom. The second kappa shape index (κ2) is 16.6. The minimum absolute atomic E-state index is 0.0904. The van der Waals surface area contributed by atoms with Gasteiger partial charge in [0, 0.05) is 0 Å². The molecule has 1 aliphatic rings. The van der Waals surface area contributed by atoms with E-state index in [-0.39, 0.29) is 22.3 Å². The largest absolute Gasteiger partial charge is 0.459 e. The first kappa shape index (κ1) is 36.3. The molecule has 14 heteroatoms. The van der Waals surface area contributed by atoms with Gasteiger partial charge in [0.1, 0.15) is 12.7 Å². The second-order valence-electron chi connectivity index (χ2n) is 10.7. The number of esters is 4. The molecule has 1 N–H and O–H groups in total. The summed E-state index contributed by atoms with van der Waals surface area (Å²) in [7, 11) is 0. The van der Waals surface area contributed by atoms with E-state index in [0.29, 0.717) is 0 Å². The second-order valence-corrected chi connectivity index (χ2v) is 12.9. The van der Waals surface area contributed by atoms with Crippen LogP contribution in [0.15, 0.2) is 121 Å². The van der Waals surface area contributed by atoms with Crippen molar-refractivity contribution < 1.29 is 47.6 Å². The highest BCUT2D eigenvalue weighted by Crippen LogP contribution is 2.35. The summed E-state index contributed by atoms with van der Waals surface area (Å²) in [4.78, 5) is 53.5.